The van der Waals surface area contributed by atoms with Crippen molar-refractivity contribution in [1.82, 2.24) is 15.1 Å². The van der Waals surface area contributed by atoms with Gasteiger partial charge in [-0.3, -0.25) is 14.6 Å². The minimum Gasteiger partial charge on any atom is -0.366 e. The SMILES string of the molecule is CCN1CCOC(C(=O)NCc2ccccc2CN2CCCCCC2)C1. The highest BCUT2D eigenvalue weighted by Gasteiger charge is 2.25. The van der Waals surface area contributed by atoms with Crippen LogP contribution in [0.3, 0.4) is 0 Å². The van der Waals surface area contributed by atoms with Crippen LogP contribution < -0.4 is 5.32 Å². The summed E-state index contributed by atoms with van der Waals surface area (Å²) in [6.45, 7) is 9.26. The zero-order valence-corrected chi connectivity index (χ0v) is 16.1. The van der Waals surface area contributed by atoms with Gasteiger partial charge in [-0.05, 0) is 43.6 Å². The van der Waals surface area contributed by atoms with Gasteiger partial charge >= 0.3 is 0 Å². The molecule has 2 heterocycles. The lowest BCUT2D eigenvalue weighted by molar-refractivity contribution is -0.138. The molecule has 0 spiro atoms. The van der Waals surface area contributed by atoms with E-state index >= 15 is 0 Å². The number of hydrogen-bond donors (Lipinski definition) is 1. The van der Waals surface area contributed by atoms with Crippen molar-refractivity contribution >= 4 is 5.91 Å². The predicted molar refractivity (Wildman–Crippen MR) is 104 cm³/mol. The fraction of sp³-hybridized carbons (Fsp3) is 0.667. The Morgan fingerprint density at radius 2 is 1.81 bits per heavy atom. The van der Waals surface area contributed by atoms with E-state index in [9.17, 15) is 4.79 Å². The molecule has 1 atom stereocenters. The Balaban J connectivity index is 1.55. The van der Waals surface area contributed by atoms with Gasteiger partial charge in [0.05, 0.1) is 6.61 Å². The van der Waals surface area contributed by atoms with Gasteiger partial charge < -0.3 is 10.1 Å². The summed E-state index contributed by atoms with van der Waals surface area (Å²) in [5.74, 6) is 0.00715. The van der Waals surface area contributed by atoms with Crippen LogP contribution in [-0.4, -0.2) is 61.1 Å². The van der Waals surface area contributed by atoms with Gasteiger partial charge in [0.1, 0.15) is 6.10 Å². The average Bonchev–Trinajstić information content (AvgIpc) is 2.96. The number of likely N-dealkylation sites (tertiary alicyclic amines) is 1. The van der Waals surface area contributed by atoms with Crippen LogP contribution in [0.25, 0.3) is 0 Å². The zero-order chi connectivity index (χ0) is 18.2. The summed E-state index contributed by atoms with van der Waals surface area (Å²) in [5.41, 5.74) is 2.54. The Hall–Kier alpha value is -1.43. The van der Waals surface area contributed by atoms with Crippen molar-refractivity contribution in [3.05, 3.63) is 35.4 Å². The third-order valence-corrected chi connectivity index (χ3v) is 5.55. The number of nitrogens with zero attached hydrogens (tertiary/aromatic N) is 2. The number of carbonyl (C=O) groups excluding carboxylic acids is 1. The van der Waals surface area contributed by atoms with Gasteiger partial charge in [0.25, 0.3) is 5.91 Å². The van der Waals surface area contributed by atoms with E-state index in [0.29, 0.717) is 19.7 Å². The lowest BCUT2D eigenvalue weighted by atomic mass is 10.1. The van der Waals surface area contributed by atoms with Gasteiger partial charge in [-0.25, -0.2) is 0 Å². The number of hydrogen-bond acceptors (Lipinski definition) is 4. The molecular formula is C21H33N3O2. The van der Waals surface area contributed by atoms with E-state index in [2.05, 4.69) is 46.3 Å². The van der Waals surface area contributed by atoms with Gasteiger partial charge in [-0.2, -0.15) is 0 Å². The van der Waals surface area contributed by atoms with E-state index in [0.717, 1.165) is 19.6 Å². The molecule has 26 heavy (non-hydrogen) atoms. The van der Waals surface area contributed by atoms with Crippen molar-refractivity contribution in [1.29, 1.82) is 0 Å². The number of ether oxygens (including phenoxy) is 1. The summed E-state index contributed by atoms with van der Waals surface area (Å²) in [6, 6.07) is 8.49. The molecule has 5 nitrogen and oxygen atoms in total. The molecule has 1 aromatic rings. The van der Waals surface area contributed by atoms with E-state index in [-0.39, 0.29) is 12.0 Å². The highest BCUT2D eigenvalue weighted by Crippen LogP contribution is 2.16. The number of nitrogens with one attached hydrogen (secondary N) is 1. The Bertz CT molecular complexity index is 570. The number of carbonyl (C=O) groups is 1. The average molecular weight is 360 g/mol. The van der Waals surface area contributed by atoms with Gasteiger partial charge in [-0.1, -0.05) is 44.0 Å². The Kier molecular flexibility index (Phi) is 7.47. The maximum atomic E-state index is 12.5. The molecular weight excluding hydrogens is 326 g/mol. The normalized spacial score (nSPS) is 22.7. The molecule has 0 saturated carbocycles. The summed E-state index contributed by atoms with van der Waals surface area (Å²) in [7, 11) is 0. The maximum absolute atomic E-state index is 12.5. The van der Waals surface area contributed by atoms with E-state index in [4.69, 9.17) is 4.74 Å². The van der Waals surface area contributed by atoms with Gasteiger partial charge in [0, 0.05) is 26.2 Å². The van der Waals surface area contributed by atoms with Crippen molar-refractivity contribution < 1.29 is 9.53 Å². The monoisotopic (exact) mass is 359 g/mol. The van der Waals surface area contributed by atoms with Crippen LogP contribution in [0.15, 0.2) is 24.3 Å². The highest BCUT2D eigenvalue weighted by molar-refractivity contribution is 5.81. The van der Waals surface area contributed by atoms with Crippen molar-refractivity contribution in [3.63, 3.8) is 0 Å². The van der Waals surface area contributed by atoms with Crippen LogP contribution >= 0.6 is 0 Å². The summed E-state index contributed by atoms with van der Waals surface area (Å²) in [5, 5.41) is 3.09. The minimum absolute atomic E-state index is 0.00715. The Morgan fingerprint density at radius 3 is 2.54 bits per heavy atom. The quantitative estimate of drug-likeness (QED) is 0.847. The zero-order valence-electron chi connectivity index (χ0n) is 16.1. The fourth-order valence-electron chi connectivity index (χ4n) is 3.86. The lowest BCUT2D eigenvalue weighted by Crippen LogP contribution is -2.49. The van der Waals surface area contributed by atoms with E-state index in [1.54, 1.807) is 0 Å². The molecule has 3 rings (SSSR count). The van der Waals surface area contributed by atoms with Crippen LogP contribution in [0, 0.1) is 0 Å². The summed E-state index contributed by atoms with van der Waals surface area (Å²) in [4.78, 5) is 17.3. The molecule has 0 aliphatic carbocycles. The van der Waals surface area contributed by atoms with Crippen LogP contribution in [0.4, 0.5) is 0 Å². The number of likely N-dealkylation sites (N-methyl/N-ethyl adjacent to an activating group) is 1. The molecule has 2 aliphatic heterocycles. The van der Waals surface area contributed by atoms with Crippen molar-refractivity contribution in [3.8, 4) is 0 Å². The smallest absolute Gasteiger partial charge is 0.250 e. The molecule has 2 saturated heterocycles. The number of amides is 1. The summed E-state index contributed by atoms with van der Waals surface area (Å²) in [6.07, 6.45) is 4.95. The first kappa shape index (κ1) is 19.3. The maximum Gasteiger partial charge on any atom is 0.250 e. The van der Waals surface area contributed by atoms with Gasteiger partial charge in [-0.15, -0.1) is 0 Å². The number of morpholine rings is 1. The van der Waals surface area contributed by atoms with E-state index in [1.165, 1.54) is 49.9 Å². The molecule has 2 fully saturated rings. The topological polar surface area (TPSA) is 44.8 Å². The molecule has 5 heteroatoms. The first-order chi connectivity index (χ1) is 12.8. The molecule has 1 unspecified atom stereocenters. The fourth-order valence-corrected chi connectivity index (χ4v) is 3.86. The van der Waals surface area contributed by atoms with Crippen molar-refractivity contribution in [2.24, 2.45) is 0 Å². The first-order valence-corrected chi connectivity index (χ1v) is 10.2. The Labute approximate surface area is 157 Å². The Morgan fingerprint density at radius 1 is 1.08 bits per heavy atom. The molecule has 0 bridgehead atoms. The molecule has 2 aliphatic rings. The molecule has 1 aromatic carbocycles. The van der Waals surface area contributed by atoms with Gasteiger partial charge in [0.15, 0.2) is 0 Å². The van der Waals surface area contributed by atoms with Crippen LogP contribution in [0.2, 0.25) is 0 Å². The molecule has 0 radical (unpaired) electrons. The van der Waals surface area contributed by atoms with Crippen molar-refractivity contribution in [2.45, 2.75) is 51.8 Å². The third-order valence-electron chi connectivity index (χ3n) is 5.55. The summed E-state index contributed by atoms with van der Waals surface area (Å²) >= 11 is 0. The molecule has 0 aromatic heterocycles. The second-order valence-corrected chi connectivity index (χ2v) is 7.43. The third kappa shape index (κ3) is 5.53. The molecule has 1 amide bonds. The van der Waals surface area contributed by atoms with Crippen molar-refractivity contribution in [2.75, 3.05) is 39.3 Å². The van der Waals surface area contributed by atoms with E-state index < -0.39 is 0 Å². The first-order valence-electron chi connectivity index (χ1n) is 10.2. The van der Waals surface area contributed by atoms with Crippen LogP contribution in [0.1, 0.15) is 43.7 Å². The second-order valence-electron chi connectivity index (χ2n) is 7.43. The lowest BCUT2D eigenvalue weighted by Gasteiger charge is -2.31. The summed E-state index contributed by atoms with van der Waals surface area (Å²) < 4.78 is 5.66. The molecule has 144 valence electrons. The standard InChI is InChI=1S/C21H33N3O2/c1-2-23-13-14-26-20(17-23)21(25)22-15-18-9-5-6-10-19(18)16-24-11-7-3-4-8-12-24/h5-6,9-10,20H,2-4,7-8,11-17H2,1H3,(H,22,25). The van der Waals surface area contributed by atoms with E-state index in [1.807, 2.05) is 0 Å². The minimum atomic E-state index is -0.346. The van der Waals surface area contributed by atoms with Gasteiger partial charge in [0.2, 0.25) is 0 Å². The van der Waals surface area contributed by atoms with Crippen LogP contribution in [-0.2, 0) is 22.6 Å². The number of rotatable bonds is 6. The largest absolute Gasteiger partial charge is 0.366 e. The predicted octanol–water partition coefficient (Wildman–Crippen LogP) is 2.40. The van der Waals surface area contributed by atoms with Crippen LogP contribution in [0.5, 0.6) is 0 Å². The number of benzene rings is 1. The highest BCUT2D eigenvalue weighted by atomic mass is 16.5. The second kappa shape index (κ2) is 10.0. The molecule has 1 N–H and O–H groups in total.